The van der Waals surface area contributed by atoms with Gasteiger partial charge in [0.1, 0.15) is 5.69 Å². The first kappa shape index (κ1) is 6.86. The summed E-state index contributed by atoms with van der Waals surface area (Å²) in [5.41, 5.74) is 0.133. The molecule has 3 nitrogen and oxygen atoms in total. The van der Waals surface area contributed by atoms with Crippen molar-refractivity contribution in [3.05, 3.63) is 28.7 Å². The lowest BCUT2D eigenvalue weighted by Crippen LogP contribution is -1.96. The number of aliphatic imine (C=N–C) groups is 1. The van der Waals surface area contributed by atoms with E-state index in [1.807, 2.05) is 0 Å². The molecule has 0 aliphatic carbocycles. The standard InChI is InChI=1S/C6H4N2OS/c9-6-1-2-7-3-5(6)8-4-10/h1-3H,(H,7,9). The van der Waals surface area contributed by atoms with Crippen molar-refractivity contribution in [1.29, 1.82) is 0 Å². The first-order valence-corrected chi connectivity index (χ1v) is 3.00. The molecule has 0 aliphatic rings. The van der Waals surface area contributed by atoms with E-state index in [2.05, 4.69) is 27.4 Å². The van der Waals surface area contributed by atoms with Crippen LogP contribution in [0.4, 0.5) is 5.69 Å². The Kier molecular flexibility index (Phi) is 2.10. The topological polar surface area (TPSA) is 45.2 Å². The Labute approximate surface area is 62.4 Å². The largest absolute Gasteiger partial charge is 0.366 e. The van der Waals surface area contributed by atoms with Gasteiger partial charge in [-0.2, -0.15) is 4.99 Å². The van der Waals surface area contributed by atoms with Crippen LogP contribution in [0.1, 0.15) is 0 Å². The fourth-order valence-electron chi connectivity index (χ4n) is 0.544. The Morgan fingerprint density at radius 1 is 1.70 bits per heavy atom. The molecular formula is C6H4N2OS. The van der Waals surface area contributed by atoms with Gasteiger partial charge in [-0.05, 0) is 12.2 Å². The number of aromatic amines is 1. The average Bonchev–Trinajstić information content (AvgIpc) is 1.94. The van der Waals surface area contributed by atoms with E-state index in [0.29, 0.717) is 0 Å². The zero-order chi connectivity index (χ0) is 7.40. The lowest BCUT2D eigenvalue weighted by Gasteiger charge is -1.84. The molecule has 0 saturated heterocycles. The van der Waals surface area contributed by atoms with Gasteiger partial charge in [-0.3, -0.25) is 4.79 Å². The number of thiocarbonyl (C=S) groups is 1. The highest BCUT2D eigenvalue weighted by atomic mass is 32.1. The monoisotopic (exact) mass is 152 g/mol. The number of rotatable bonds is 1. The molecular weight excluding hydrogens is 148 g/mol. The minimum Gasteiger partial charge on any atom is -0.366 e. The van der Waals surface area contributed by atoms with Gasteiger partial charge in [0.15, 0.2) is 0 Å². The smallest absolute Gasteiger partial charge is 0.207 e. The average molecular weight is 152 g/mol. The van der Waals surface area contributed by atoms with E-state index in [9.17, 15) is 4.79 Å². The van der Waals surface area contributed by atoms with Crippen LogP contribution in [0, 0.1) is 0 Å². The maximum absolute atomic E-state index is 10.8. The normalized spacial score (nSPS) is 8.40. The van der Waals surface area contributed by atoms with E-state index >= 15 is 0 Å². The molecule has 0 aliphatic heterocycles. The van der Waals surface area contributed by atoms with E-state index in [1.54, 1.807) is 0 Å². The molecule has 50 valence electrons. The molecule has 0 spiro atoms. The van der Waals surface area contributed by atoms with Crippen molar-refractivity contribution in [2.45, 2.75) is 0 Å². The fourth-order valence-corrected chi connectivity index (χ4v) is 0.642. The molecule has 1 rings (SSSR count). The maximum Gasteiger partial charge on any atom is 0.207 e. The van der Waals surface area contributed by atoms with Crippen LogP contribution in [0.25, 0.3) is 0 Å². The van der Waals surface area contributed by atoms with Crippen LogP contribution in [0.5, 0.6) is 0 Å². The number of pyridine rings is 1. The molecule has 1 aromatic heterocycles. The van der Waals surface area contributed by atoms with Gasteiger partial charge < -0.3 is 4.98 Å². The van der Waals surface area contributed by atoms with Gasteiger partial charge in [-0.25, -0.2) is 0 Å². The summed E-state index contributed by atoms with van der Waals surface area (Å²) in [4.78, 5) is 17.0. The number of nitrogens with one attached hydrogen (secondary N) is 1. The second-order valence-corrected chi connectivity index (χ2v) is 1.78. The lowest BCUT2D eigenvalue weighted by molar-refractivity contribution is 1.28. The molecule has 4 heteroatoms. The number of isothiocyanates is 1. The number of aromatic nitrogens is 1. The van der Waals surface area contributed by atoms with Crippen LogP contribution in [0.2, 0.25) is 0 Å². The molecule has 1 heterocycles. The molecule has 0 radical (unpaired) electrons. The summed E-state index contributed by atoms with van der Waals surface area (Å²) < 4.78 is 0. The predicted octanol–water partition coefficient (Wildman–Crippen LogP) is 1.11. The molecule has 0 aromatic carbocycles. The van der Waals surface area contributed by atoms with Crippen LogP contribution in [0.15, 0.2) is 28.2 Å². The summed E-state index contributed by atoms with van der Waals surface area (Å²) in [6.45, 7) is 0. The quantitative estimate of drug-likeness (QED) is 0.484. The summed E-state index contributed by atoms with van der Waals surface area (Å²) in [5.74, 6) is 0. The highest BCUT2D eigenvalue weighted by Gasteiger charge is 1.90. The van der Waals surface area contributed by atoms with Gasteiger partial charge in [0, 0.05) is 18.5 Å². The van der Waals surface area contributed by atoms with E-state index in [-0.39, 0.29) is 11.1 Å². The van der Waals surface area contributed by atoms with Crippen molar-refractivity contribution in [3.63, 3.8) is 0 Å². The van der Waals surface area contributed by atoms with Crippen LogP contribution >= 0.6 is 12.2 Å². The Bertz CT molecular complexity index is 325. The van der Waals surface area contributed by atoms with Crippen molar-refractivity contribution < 1.29 is 0 Å². The second kappa shape index (κ2) is 3.06. The molecule has 1 N–H and O–H groups in total. The third kappa shape index (κ3) is 1.37. The van der Waals surface area contributed by atoms with Crippen LogP contribution in [-0.4, -0.2) is 10.1 Å². The molecule has 0 saturated carbocycles. The Morgan fingerprint density at radius 2 is 2.50 bits per heavy atom. The summed E-state index contributed by atoms with van der Waals surface area (Å²) in [7, 11) is 0. The first-order valence-electron chi connectivity index (χ1n) is 2.59. The summed E-state index contributed by atoms with van der Waals surface area (Å²) >= 11 is 4.32. The molecule has 10 heavy (non-hydrogen) atoms. The van der Waals surface area contributed by atoms with Crippen molar-refractivity contribution in [3.8, 4) is 0 Å². The zero-order valence-corrected chi connectivity index (χ0v) is 5.81. The highest BCUT2D eigenvalue weighted by molar-refractivity contribution is 7.78. The number of nitrogens with zero attached hydrogens (tertiary/aromatic N) is 1. The molecule has 0 atom stereocenters. The fraction of sp³-hybridized carbons (Fsp3) is 0. The number of H-pyrrole nitrogens is 1. The van der Waals surface area contributed by atoms with Crippen LogP contribution in [0.3, 0.4) is 0 Å². The van der Waals surface area contributed by atoms with Crippen LogP contribution in [-0.2, 0) is 0 Å². The Morgan fingerprint density at radius 3 is 3.10 bits per heavy atom. The third-order valence-electron chi connectivity index (χ3n) is 0.970. The second-order valence-electron chi connectivity index (χ2n) is 1.60. The zero-order valence-electron chi connectivity index (χ0n) is 5.00. The van der Waals surface area contributed by atoms with E-state index in [4.69, 9.17) is 0 Å². The predicted molar refractivity (Wildman–Crippen MR) is 41.7 cm³/mol. The summed E-state index contributed by atoms with van der Waals surface area (Å²) in [6.07, 6.45) is 3.01. The molecule has 0 amide bonds. The first-order chi connectivity index (χ1) is 4.84. The van der Waals surface area contributed by atoms with Gasteiger partial charge >= 0.3 is 0 Å². The van der Waals surface area contributed by atoms with Crippen molar-refractivity contribution in [2.24, 2.45) is 4.99 Å². The van der Waals surface area contributed by atoms with Gasteiger partial charge in [0.25, 0.3) is 0 Å². The minimum absolute atomic E-state index is 0.156. The van der Waals surface area contributed by atoms with Crippen LogP contribution < -0.4 is 5.43 Å². The molecule has 0 fully saturated rings. The minimum atomic E-state index is -0.156. The highest BCUT2D eigenvalue weighted by Crippen LogP contribution is 1.97. The molecule has 1 aromatic rings. The summed E-state index contributed by atoms with van der Waals surface area (Å²) in [6, 6.07) is 1.38. The maximum atomic E-state index is 10.8. The van der Waals surface area contributed by atoms with Crippen molar-refractivity contribution in [1.82, 2.24) is 4.98 Å². The number of hydrogen-bond donors (Lipinski definition) is 1. The van der Waals surface area contributed by atoms with Crippen molar-refractivity contribution >= 4 is 23.1 Å². The van der Waals surface area contributed by atoms with Gasteiger partial charge in [-0.1, -0.05) is 0 Å². The Balaban J connectivity index is 3.28. The third-order valence-corrected chi connectivity index (χ3v) is 1.06. The SMILES string of the molecule is O=c1cc[nH]cc1N=C=S. The lowest BCUT2D eigenvalue weighted by atomic mass is 10.4. The Hall–Kier alpha value is -1.25. The van der Waals surface area contributed by atoms with E-state index < -0.39 is 0 Å². The van der Waals surface area contributed by atoms with Gasteiger partial charge in [-0.15, -0.1) is 0 Å². The van der Waals surface area contributed by atoms with E-state index in [1.165, 1.54) is 18.5 Å². The van der Waals surface area contributed by atoms with E-state index in [0.717, 1.165) is 0 Å². The van der Waals surface area contributed by atoms with Crippen molar-refractivity contribution in [2.75, 3.05) is 0 Å². The summed E-state index contributed by atoms with van der Waals surface area (Å²) in [5, 5.41) is 2.11. The van der Waals surface area contributed by atoms with Gasteiger partial charge in [0.2, 0.25) is 5.43 Å². The molecule has 0 unspecified atom stereocenters. The molecule has 0 bridgehead atoms. The number of hydrogen-bond acceptors (Lipinski definition) is 3. The van der Waals surface area contributed by atoms with Gasteiger partial charge in [0.05, 0.1) is 5.16 Å².